The zero-order valence-electron chi connectivity index (χ0n) is 16.1. The summed E-state index contributed by atoms with van der Waals surface area (Å²) in [5, 5.41) is 6.71. The van der Waals surface area contributed by atoms with Crippen LogP contribution in [0.25, 0.3) is 10.9 Å². The third kappa shape index (κ3) is 3.62. The van der Waals surface area contributed by atoms with Crippen LogP contribution in [0.5, 0.6) is 17.2 Å². The summed E-state index contributed by atoms with van der Waals surface area (Å²) in [4.78, 5) is 20.5. The summed E-state index contributed by atoms with van der Waals surface area (Å²) in [5.74, 6) is 1.05. The van der Waals surface area contributed by atoms with Crippen molar-refractivity contribution in [3.63, 3.8) is 0 Å². The summed E-state index contributed by atoms with van der Waals surface area (Å²) in [6, 6.07) is 11.2. The number of nitrogens with zero attached hydrogens (tertiary/aromatic N) is 1. The first kappa shape index (κ1) is 18.8. The number of ether oxygens (including phenoxy) is 3. The van der Waals surface area contributed by atoms with E-state index in [4.69, 9.17) is 14.2 Å². The molecule has 148 valence electrons. The van der Waals surface area contributed by atoms with Crippen molar-refractivity contribution in [2.75, 3.05) is 26.6 Å². The fraction of sp³-hybridized carbons (Fsp3) is 0.143. The number of anilines is 2. The van der Waals surface area contributed by atoms with Gasteiger partial charge in [-0.3, -0.25) is 4.79 Å². The van der Waals surface area contributed by atoms with Crippen LogP contribution in [0.1, 0.15) is 16.1 Å². The number of thiazole rings is 1. The van der Waals surface area contributed by atoms with Gasteiger partial charge in [-0.25, -0.2) is 4.98 Å². The quantitative estimate of drug-likeness (QED) is 0.433. The summed E-state index contributed by atoms with van der Waals surface area (Å²) >= 11 is 1.36. The van der Waals surface area contributed by atoms with Crippen LogP contribution in [0.4, 0.5) is 10.8 Å². The molecule has 0 amide bonds. The minimum atomic E-state index is -0.227. The number of carbonyl (C=O) groups is 1. The number of nitrogens with one attached hydrogen (secondary N) is 2. The Morgan fingerprint density at radius 2 is 1.79 bits per heavy atom. The lowest BCUT2D eigenvalue weighted by Crippen LogP contribution is -2.04. The number of hydrogen-bond donors (Lipinski definition) is 2. The molecular weight excluding hydrogens is 390 g/mol. The number of fused-ring (bicyclic) bond motifs is 1. The first-order chi connectivity index (χ1) is 14.1. The Hall–Kier alpha value is -3.52. The van der Waals surface area contributed by atoms with Crippen molar-refractivity contribution >= 4 is 38.8 Å². The van der Waals surface area contributed by atoms with Gasteiger partial charge in [-0.05, 0) is 36.4 Å². The lowest BCUT2D eigenvalue weighted by Gasteiger charge is -2.13. The van der Waals surface area contributed by atoms with Crippen molar-refractivity contribution in [3.8, 4) is 17.2 Å². The van der Waals surface area contributed by atoms with Gasteiger partial charge in [-0.1, -0.05) is 0 Å². The van der Waals surface area contributed by atoms with Gasteiger partial charge < -0.3 is 24.5 Å². The molecule has 0 unspecified atom stereocenters. The molecule has 0 atom stereocenters. The molecule has 2 heterocycles. The van der Waals surface area contributed by atoms with E-state index in [1.807, 2.05) is 30.5 Å². The van der Waals surface area contributed by atoms with Crippen LogP contribution in [0.3, 0.4) is 0 Å². The molecule has 2 N–H and O–H groups in total. The van der Waals surface area contributed by atoms with E-state index in [-0.39, 0.29) is 5.78 Å². The second kappa shape index (κ2) is 7.84. The molecule has 29 heavy (non-hydrogen) atoms. The number of aromatic nitrogens is 2. The Balaban J connectivity index is 1.59. The van der Waals surface area contributed by atoms with Gasteiger partial charge in [0, 0.05) is 33.7 Å². The van der Waals surface area contributed by atoms with Crippen molar-refractivity contribution in [1.82, 2.24) is 9.97 Å². The second-order valence-electron chi connectivity index (χ2n) is 6.19. The average molecular weight is 409 g/mol. The highest BCUT2D eigenvalue weighted by molar-refractivity contribution is 7.14. The van der Waals surface area contributed by atoms with E-state index in [1.54, 1.807) is 17.5 Å². The van der Waals surface area contributed by atoms with Crippen molar-refractivity contribution in [2.24, 2.45) is 0 Å². The second-order valence-corrected chi connectivity index (χ2v) is 7.04. The lowest BCUT2D eigenvalue weighted by molar-refractivity contribution is 0.103. The maximum atomic E-state index is 12.9. The predicted molar refractivity (Wildman–Crippen MR) is 113 cm³/mol. The van der Waals surface area contributed by atoms with Crippen LogP contribution in [-0.4, -0.2) is 37.1 Å². The molecular formula is C21H19N3O4S. The molecule has 0 saturated carbocycles. The molecule has 4 aromatic rings. The number of methoxy groups -OCH3 is 3. The lowest BCUT2D eigenvalue weighted by atomic mass is 10.1. The third-order valence-electron chi connectivity index (χ3n) is 4.47. The van der Waals surface area contributed by atoms with E-state index in [0.717, 1.165) is 16.6 Å². The van der Waals surface area contributed by atoms with Gasteiger partial charge in [0.05, 0.1) is 21.3 Å². The predicted octanol–water partition coefficient (Wildman–Crippen LogP) is 4.62. The first-order valence-electron chi connectivity index (χ1n) is 8.77. The first-order valence-corrected chi connectivity index (χ1v) is 9.65. The van der Waals surface area contributed by atoms with Gasteiger partial charge in [0.25, 0.3) is 0 Å². The fourth-order valence-corrected chi connectivity index (χ4v) is 3.76. The highest BCUT2D eigenvalue weighted by Crippen LogP contribution is 2.38. The monoisotopic (exact) mass is 409 g/mol. The van der Waals surface area contributed by atoms with E-state index in [9.17, 15) is 4.79 Å². The van der Waals surface area contributed by atoms with Crippen molar-refractivity contribution in [1.29, 1.82) is 0 Å². The summed E-state index contributed by atoms with van der Waals surface area (Å²) in [7, 11) is 4.54. The van der Waals surface area contributed by atoms with Gasteiger partial charge in [0.1, 0.15) is 5.69 Å². The van der Waals surface area contributed by atoms with E-state index in [2.05, 4.69) is 15.3 Å². The van der Waals surface area contributed by atoms with E-state index in [0.29, 0.717) is 33.6 Å². The summed E-state index contributed by atoms with van der Waals surface area (Å²) < 4.78 is 16.0. The number of carbonyl (C=O) groups excluding carboxylic acids is 1. The van der Waals surface area contributed by atoms with Crippen molar-refractivity contribution in [2.45, 2.75) is 0 Å². The van der Waals surface area contributed by atoms with Crippen LogP contribution in [0, 0.1) is 0 Å². The van der Waals surface area contributed by atoms with E-state index >= 15 is 0 Å². The summed E-state index contributed by atoms with van der Waals surface area (Å²) in [6.45, 7) is 0. The average Bonchev–Trinajstić information content (AvgIpc) is 3.41. The molecule has 8 heteroatoms. The smallest absolute Gasteiger partial charge is 0.212 e. The number of rotatable bonds is 7. The molecule has 0 radical (unpaired) electrons. The zero-order chi connectivity index (χ0) is 20.4. The van der Waals surface area contributed by atoms with Crippen LogP contribution in [-0.2, 0) is 0 Å². The SMILES string of the molecule is COc1cc(C(=O)c2csc(Nc3ccc4[nH]ccc4c3)n2)cc(OC)c1OC. The molecule has 2 aromatic carbocycles. The molecule has 0 spiro atoms. The van der Waals surface area contributed by atoms with Gasteiger partial charge >= 0.3 is 0 Å². The van der Waals surface area contributed by atoms with Crippen LogP contribution in [0.2, 0.25) is 0 Å². The molecule has 4 rings (SSSR count). The molecule has 0 aliphatic carbocycles. The number of aromatic amines is 1. The van der Waals surface area contributed by atoms with Crippen LogP contribution >= 0.6 is 11.3 Å². The van der Waals surface area contributed by atoms with Crippen LogP contribution in [0.15, 0.2) is 48.0 Å². The molecule has 0 aliphatic heterocycles. The van der Waals surface area contributed by atoms with Gasteiger partial charge in [-0.2, -0.15) is 0 Å². The topological polar surface area (TPSA) is 85.5 Å². The Kier molecular flexibility index (Phi) is 5.09. The third-order valence-corrected chi connectivity index (χ3v) is 5.23. The Labute approximate surface area is 171 Å². The number of H-pyrrole nitrogens is 1. The molecule has 0 bridgehead atoms. The molecule has 0 saturated heterocycles. The van der Waals surface area contributed by atoms with Gasteiger partial charge in [0.2, 0.25) is 11.5 Å². The minimum absolute atomic E-state index is 0.227. The van der Waals surface area contributed by atoms with Crippen molar-refractivity contribution < 1.29 is 19.0 Å². The fourth-order valence-electron chi connectivity index (χ4n) is 3.05. The van der Waals surface area contributed by atoms with Crippen LogP contribution < -0.4 is 19.5 Å². The largest absolute Gasteiger partial charge is 0.493 e. The Morgan fingerprint density at radius 3 is 2.48 bits per heavy atom. The molecule has 2 aromatic heterocycles. The maximum Gasteiger partial charge on any atom is 0.212 e. The Morgan fingerprint density at radius 1 is 1.03 bits per heavy atom. The molecule has 0 aliphatic rings. The number of hydrogen-bond acceptors (Lipinski definition) is 7. The number of ketones is 1. The van der Waals surface area contributed by atoms with E-state index < -0.39 is 0 Å². The minimum Gasteiger partial charge on any atom is -0.493 e. The Bertz CT molecular complexity index is 1160. The highest BCUT2D eigenvalue weighted by atomic mass is 32.1. The highest BCUT2D eigenvalue weighted by Gasteiger charge is 2.20. The summed E-state index contributed by atoms with van der Waals surface area (Å²) in [5.41, 5.74) is 2.71. The molecule has 0 fully saturated rings. The number of benzene rings is 2. The summed E-state index contributed by atoms with van der Waals surface area (Å²) in [6.07, 6.45) is 1.89. The van der Waals surface area contributed by atoms with Gasteiger partial charge in [0.15, 0.2) is 16.6 Å². The molecule has 7 nitrogen and oxygen atoms in total. The standard InChI is InChI=1S/C21H19N3O4S/c1-26-17-9-13(10-18(27-2)20(17)28-3)19(25)16-11-29-21(24-16)23-14-4-5-15-12(8-14)6-7-22-15/h4-11,22H,1-3H3,(H,23,24). The normalized spacial score (nSPS) is 10.7. The van der Waals surface area contributed by atoms with Gasteiger partial charge in [-0.15, -0.1) is 11.3 Å². The zero-order valence-corrected chi connectivity index (χ0v) is 16.9. The maximum absolute atomic E-state index is 12.9. The van der Waals surface area contributed by atoms with E-state index in [1.165, 1.54) is 32.7 Å². The van der Waals surface area contributed by atoms with Crippen molar-refractivity contribution in [3.05, 3.63) is 59.2 Å².